The second kappa shape index (κ2) is 3.51. The summed E-state index contributed by atoms with van der Waals surface area (Å²) in [6, 6.07) is 1.53. The number of aromatic carboxylic acids is 1. The molecule has 0 bridgehead atoms. The number of nitro benzene ring substituents is 1. The second-order valence-electron chi connectivity index (χ2n) is 2.38. The highest BCUT2D eigenvalue weighted by atomic mass is 35.5. The SMILES string of the molecule is O=C(O)c1cc([N+](=O)[O-])c(O)cc1Cl. The van der Waals surface area contributed by atoms with Crippen LogP contribution >= 0.6 is 11.6 Å². The molecule has 74 valence electrons. The molecule has 0 heterocycles. The van der Waals surface area contributed by atoms with E-state index in [9.17, 15) is 14.9 Å². The molecule has 0 atom stereocenters. The molecule has 0 aliphatic heterocycles. The summed E-state index contributed by atoms with van der Waals surface area (Å²) in [6.07, 6.45) is 0. The molecule has 0 radical (unpaired) electrons. The standard InChI is InChI=1S/C7H4ClNO5/c8-4-2-6(10)5(9(13)14)1-3(4)7(11)12/h1-2,10H,(H,11,12). The Morgan fingerprint density at radius 2 is 2.07 bits per heavy atom. The van der Waals surface area contributed by atoms with Crippen molar-refractivity contribution in [2.24, 2.45) is 0 Å². The monoisotopic (exact) mass is 217 g/mol. The number of phenolic OH excluding ortho intramolecular Hbond substituents is 1. The first-order chi connectivity index (χ1) is 6.43. The van der Waals surface area contributed by atoms with Crippen LogP contribution in [0.3, 0.4) is 0 Å². The van der Waals surface area contributed by atoms with Gasteiger partial charge in [0, 0.05) is 12.1 Å². The molecule has 0 unspecified atom stereocenters. The Hall–Kier alpha value is -1.82. The number of aromatic hydroxyl groups is 1. The third-order valence-electron chi connectivity index (χ3n) is 1.49. The number of rotatable bonds is 2. The van der Waals surface area contributed by atoms with Crippen LogP contribution in [0, 0.1) is 10.1 Å². The first kappa shape index (κ1) is 10.3. The third-order valence-corrected chi connectivity index (χ3v) is 1.80. The molecular formula is C7H4ClNO5. The van der Waals surface area contributed by atoms with Crippen molar-refractivity contribution in [2.45, 2.75) is 0 Å². The molecule has 0 aliphatic rings. The van der Waals surface area contributed by atoms with Crippen LogP contribution in [-0.4, -0.2) is 21.1 Å². The zero-order chi connectivity index (χ0) is 10.9. The minimum atomic E-state index is -1.39. The van der Waals surface area contributed by atoms with E-state index in [2.05, 4.69) is 0 Å². The molecule has 1 aromatic carbocycles. The zero-order valence-corrected chi connectivity index (χ0v) is 7.35. The summed E-state index contributed by atoms with van der Waals surface area (Å²) in [4.78, 5) is 19.9. The van der Waals surface area contributed by atoms with E-state index in [-0.39, 0.29) is 5.02 Å². The van der Waals surface area contributed by atoms with Crippen molar-refractivity contribution < 1.29 is 19.9 Å². The first-order valence-corrected chi connectivity index (χ1v) is 3.71. The lowest BCUT2D eigenvalue weighted by Crippen LogP contribution is -1.99. The first-order valence-electron chi connectivity index (χ1n) is 3.33. The van der Waals surface area contributed by atoms with Gasteiger partial charge in [-0.15, -0.1) is 0 Å². The summed E-state index contributed by atoms with van der Waals surface area (Å²) in [6.45, 7) is 0. The minimum Gasteiger partial charge on any atom is -0.502 e. The minimum absolute atomic E-state index is 0.249. The highest BCUT2D eigenvalue weighted by Crippen LogP contribution is 2.31. The highest BCUT2D eigenvalue weighted by molar-refractivity contribution is 6.33. The fourth-order valence-electron chi connectivity index (χ4n) is 0.861. The van der Waals surface area contributed by atoms with Crippen molar-refractivity contribution in [1.29, 1.82) is 0 Å². The van der Waals surface area contributed by atoms with Crippen molar-refractivity contribution >= 4 is 23.3 Å². The zero-order valence-electron chi connectivity index (χ0n) is 6.60. The van der Waals surface area contributed by atoms with Crippen molar-refractivity contribution in [3.05, 3.63) is 32.8 Å². The number of hydrogen-bond acceptors (Lipinski definition) is 4. The van der Waals surface area contributed by atoms with Gasteiger partial charge in [0.1, 0.15) is 0 Å². The van der Waals surface area contributed by atoms with Crippen LogP contribution in [0.2, 0.25) is 5.02 Å². The smallest absolute Gasteiger partial charge is 0.337 e. The van der Waals surface area contributed by atoms with Crippen LogP contribution in [-0.2, 0) is 0 Å². The number of carboxylic acid groups (broad SMARTS) is 1. The van der Waals surface area contributed by atoms with Gasteiger partial charge in [0.15, 0.2) is 5.75 Å². The summed E-state index contributed by atoms with van der Waals surface area (Å²) in [5, 5.41) is 27.7. The molecule has 1 aromatic rings. The summed E-state index contributed by atoms with van der Waals surface area (Å²) in [5.41, 5.74) is -1.11. The molecule has 0 saturated heterocycles. The molecular weight excluding hydrogens is 214 g/mol. The molecule has 0 saturated carbocycles. The average Bonchev–Trinajstić information content (AvgIpc) is 2.02. The van der Waals surface area contributed by atoms with Gasteiger partial charge in [0.25, 0.3) is 0 Å². The predicted molar refractivity (Wildman–Crippen MR) is 46.7 cm³/mol. The Morgan fingerprint density at radius 3 is 2.50 bits per heavy atom. The van der Waals surface area contributed by atoms with Crippen molar-refractivity contribution in [2.75, 3.05) is 0 Å². The largest absolute Gasteiger partial charge is 0.502 e. The maximum atomic E-state index is 10.5. The quantitative estimate of drug-likeness (QED) is 0.579. The lowest BCUT2D eigenvalue weighted by molar-refractivity contribution is -0.385. The van der Waals surface area contributed by atoms with Crippen molar-refractivity contribution in [1.82, 2.24) is 0 Å². The highest BCUT2D eigenvalue weighted by Gasteiger charge is 2.20. The normalized spacial score (nSPS) is 9.79. The van der Waals surface area contributed by atoms with Gasteiger partial charge in [-0.1, -0.05) is 11.6 Å². The predicted octanol–water partition coefficient (Wildman–Crippen LogP) is 1.65. The molecule has 1 rings (SSSR count). The van der Waals surface area contributed by atoms with Gasteiger partial charge in [0.05, 0.1) is 15.5 Å². The lowest BCUT2D eigenvalue weighted by Gasteiger charge is -2.00. The van der Waals surface area contributed by atoms with E-state index >= 15 is 0 Å². The molecule has 7 heteroatoms. The number of halogens is 1. The third kappa shape index (κ3) is 1.74. The van der Waals surface area contributed by atoms with E-state index in [0.717, 1.165) is 6.07 Å². The van der Waals surface area contributed by atoms with Gasteiger partial charge in [0.2, 0.25) is 0 Å². The fourth-order valence-corrected chi connectivity index (χ4v) is 1.10. The maximum absolute atomic E-state index is 10.5. The fraction of sp³-hybridized carbons (Fsp3) is 0. The molecule has 0 aliphatic carbocycles. The van der Waals surface area contributed by atoms with Crippen LogP contribution in [0.4, 0.5) is 5.69 Å². The van der Waals surface area contributed by atoms with Crippen LogP contribution in [0.5, 0.6) is 5.75 Å². The van der Waals surface area contributed by atoms with E-state index < -0.39 is 27.9 Å². The molecule has 0 spiro atoms. The van der Waals surface area contributed by atoms with Crippen LogP contribution in [0.1, 0.15) is 10.4 Å². The number of carbonyl (C=O) groups is 1. The summed E-state index contributed by atoms with van der Waals surface area (Å²) in [5.74, 6) is -2.05. The Balaban J connectivity index is 3.42. The second-order valence-corrected chi connectivity index (χ2v) is 2.79. The van der Waals surface area contributed by atoms with Crippen LogP contribution in [0.25, 0.3) is 0 Å². The van der Waals surface area contributed by atoms with Gasteiger partial charge >= 0.3 is 11.7 Å². The lowest BCUT2D eigenvalue weighted by atomic mass is 10.2. The van der Waals surface area contributed by atoms with Gasteiger partial charge in [-0.05, 0) is 0 Å². The molecule has 6 nitrogen and oxygen atoms in total. The molecule has 0 fully saturated rings. The number of nitrogens with zero attached hydrogens (tertiary/aromatic N) is 1. The van der Waals surface area contributed by atoms with E-state index in [1.165, 1.54) is 0 Å². The average molecular weight is 218 g/mol. The van der Waals surface area contributed by atoms with E-state index in [0.29, 0.717) is 6.07 Å². The molecule has 2 N–H and O–H groups in total. The number of benzene rings is 1. The van der Waals surface area contributed by atoms with E-state index in [4.69, 9.17) is 21.8 Å². The number of nitro groups is 1. The maximum Gasteiger partial charge on any atom is 0.337 e. The Kier molecular flexibility index (Phi) is 2.57. The summed E-state index contributed by atoms with van der Waals surface area (Å²) >= 11 is 5.44. The van der Waals surface area contributed by atoms with E-state index in [1.54, 1.807) is 0 Å². The Bertz CT molecular complexity index is 382. The topological polar surface area (TPSA) is 101 Å². The molecule has 0 amide bonds. The summed E-state index contributed by atoms with van der Waals surface area (Å²) < 4.78 is 0. The van der Waals surface area contributed by atoms with Crippen molar-refractivity contribution in [3.8, 4) is 5.75 Å². The Labute approximate surface area is 82.5 Å². The van der Waals surface area contributed by atoms with Gasteiger partial charge in [-0.2, -0.15) is 0 Å². The van der Waals surface area contributed by atoms with Gasteiger partial charge < -0.3 is 10.2 Å². The number of phenols is 1. The van der Waals surface area contributed by atoms with Gasteiger partial charge in [-0.25, -0.2) is 4.79 Å². The number of hydrogen-bond donors (Lipinski definition) is 2. The van der Waals surface area contributed by atoms with Crippen LogP contribution < -0.4 is 0 Å². The van der Waals surface area contributed by atoms with Gasteiger partial charge in [-0.3, -0.25) is 10.1 Å². The van der Waals surface area contributed by atoms with E-state index in [1.807, 2.05) is 0 Å². The van der Waals surface area contributed by atoms with Crippen molar-refractivity contribution in [3.63, 3.8) is 0 Å². The Morgan fingerprint density at radius 1 is 1.50 bits per heavy atom. The number of carboxylic acids is 1. The summed E-state index contributed by atoms with van der Waals surface area (Å²) in [7, 11) is 0. The molecule has 0 aromatic heterocycles. The molecule has 14 heavy (non-hydrogen) atoms. The van der Waals surface area contributed by atoms with Crippen LogP contribution in [0.15, 0.2) is 12.1 Å².